The lowest BCUT2D eigenvalue weighted by Crippen LogP contribution is -2.43. The van der Waals surface area contributed by atoms with Crippen molar-refractivity contribution < 1.29 is 15.0 Å². The summed E-state index contributed by atoms with van der Waals surface area (Å²) in [6.07, 6.45) is 0.299. The molecule has 0 radical (unpaired) electrons. The highest BCUT2D eigenvalue weighted by atomic mass is 16.3. The van der Waals surface area contributed by atoms with Crippen molar-refractivity contribution in [3.05, 3.63) is 42.0 Å². The average molecular weight is 284 g/mol. The molecule has 0 spiro atoms. The predicted molar refractivity (Wildman–Crippen MR) is 80.1 cm³/mol. The van der Waals surface area contributed by atoms with Crippen LogP contribution in [-0.4, -0.2) is 32.6 Å². The number of carbonyl (C=O) groups is 1. The molecule has 1 atom stereocenters. The molecule has 0 aliphatic carbocycles. The number of carbonyl (C=O) groups excluding carboxylic acids is 1. The topological polar surface area (TPSA) is 73.1 Å². The number of hydrazone groups is 1. The lowest BCUT2D eigenvalue weighted by Gasteiger charge is -2.27. The van der Waals surface area contributed by atoms with Crippen LogP contribution < -0.4 is 0 Å². The van der Waals surface area contributed by atoms with Gasteiger partial charge < -0.3 is 10.2 Å². The van der Waals surface area contributed by atoms with Crippen molar-refractivity contribution in [2.45, 2.75) is 26.0 Å². The number of phenolic OH excluding ortho intramolecular Hbond substituents is 1. The Labute approximate surface area is 122 Å². The van der Waals surface area contributed by atoms with Crippen LogP contribution in [0.15, 0.2) is 41.5 Å². The molecule has 3 rings (SSSR count). The van der Waals surface area contributed by atoms with E-state index in [-0.39, 0.29) is 11.3 Å². The van der Waals surface area contributed by atoms with Crippen molar-refractivity contribution in [3.63, 3.8) is 0 Å². The number of aromatic hydroxyl groups is 1. The number of hydrogen-bond acceptors (Lipinski definition) is 4. The molecule has 1 amide bonds. The van der Waals surface area contributed by atoms with Crippen LogP contribution in [-0.2, 0) is 0 Å². The van der Waals surface area contributed by atoms with E-state index in [9.17, 15) is 15.0 Å². The molecule has 2 N–H and O–H groups in total. The van der Waals surface area contributed by atoms with E-state index in [0.717, 1.165) is 15.8 Å². The van der Waals surface area contributed by atoms with Crippen LogP contribution in [0.25, 0.3) is 10.8 Å². The number of nitrogens with zero attached hydrogens (tertiary/aromatic N) is 2. The van der Waals surface area contributed by atoms with Gasteiger partial charge in [-0.15, -0.1) is 0 Å². The molecular formula is C16H16N2O3. The summed E-state index contributed by atoms with van der Waals surface area (Å²) in [6.45, 7) is 3.28. The maximum atomic E-state index is 12.6. The van der Waals surface area contributed by atoms with Crippen LogP contribution in [0.2, 0.25) is 0 Å². The van der Waals surface area contributed by atoms with Crippen LogP contribution in [0.1, 0.15) is 30.6 Å². The smallest absolute Gasteiger partial charge is 0.280 e. The van der Waals surface area contributed by atoms with Gasteiger partial charge in [-0.1, -0.05) is 24.3 Å². The van der Waals surface area contributed by atoms with E-state index in [0.29, 0.717) is 12.1 Å². The van der Waals surface area contributed by atoms with Gasteiger partial charge in [0, 0.05) is 12.1 Å². The molecule has 1 aliphatic heterocycles. The summed E-state index contributed by atoms with van der Waals surface area (Å²) in [7, 11) is 0. The van der Waals surface area contributed by atoms with Crippen molar-refractivity contribution in [2.24, 2.45) is 5.10 Å². The summed E-state index contributed by atoms with van der Waals surface area (Å²) in [5.74, 6) is -0.630. The highest BCUT2D eigenvalue weighted by molar-refractivity contribution is 6.03. The second kappa shape index (κ2) is 4.56. The Bertz CT molecular complexity index is 765. The maximum Gasteiger partial charge on any atom is 0.280 e. The Hall–Kier alpha value is -2.40. The van der Waals surface area contributed by atoms with Gasteiger partial charge in [-0.2, -0.15) is 10.1 Å². The normalized spacial score (nSPS) is 21.7. The maximum absolute atomic E-state index is 12.6. The van der Waals surface area contributed by atoms with Gasteiger partial charge in [0.15, 0.2) is 5.72 Å². The number of amides is 1. The van der Waals surface area contributed by atoms with E-state index in [1.807, 2.05) is 24.3 Å². The molecule has 0 saturated heterocycles. The van der Waals surface area contributed by atoms with Gasteiger partial charge in [-0.05, 0) is 36.8 Å². The average Bonchev–Trinajstić information content (AvgIpc) is 2.70. The first kappa shape index (κ1) is 13.6. The number of rotatable bonds is 1. The zero-order valence-electron chi connectivity index (χ0n) is 11.9. The molecular weight excluding hydrogens is 268 g/mol. The van der Waals surface area contributed by atoms with Crippen LogP contribution in [0, 0.1) is 0 Å². The minimum atomic E-state index is -1.36. The highest BCUT2D eigenvalue weighted by Crippen LogP contribution is 2.31. The van der Waals surface area contributed by atoms with E-state index < -0.39 is 11.6 Å². The minimum absolute atomic E-state index is 0.116. The number of phenols is 1. The van der Waals surface area contributed by atoms with Gasteiger partial charge >= 0.3 is 0 Å². The van der Waals surface area contributed by atoms with E-state index >= 15 is 0 Å². The Morgan fingerprint density at radius 3 is 2.48 bits per heavy atom. The summed E-state index contributed by atoms with van der Waals surface area (Å²) in [5, 5.41) is 27.2. The molecule has 108 valence electrons. The van der Waals surface area contributed by atoms with E-state index in [4.69, 9.17) is 0 Å². The Morgan fingerprint density at radius 2 is 1.90 bits per heavy atom. The number of aliphatic hydroxyl groups is 1. The third-order valence-electron chi connectivity index (χ3n) is 3.60. The molecule has 0 aromatic heterocycles. The van der Waals surface area contributed by atoms with Crippen LogP contribution in [0.5, 0.6) is 5.75 Å². The molecule has 0 unspecified atom stereocenters. The first-order chi connectivity index (χ1) is 9.88. The SMILES string of the molecule is CC1=NN(C(=O)c2cc3ccccc3cc2O)[C@@](C)(O)C1. The van der Waals surface area contributed by atoms with Gasteiger partial charge in [0.2, 0.25) is 0 Å². The fourth-order valence-corrected chi connectivity index (χ4v) is 2.65. The Balaban J connectivity index is 2.08. The molecule has 1 heterocycles. The van der Waals surface area contributed by atoms with Gasteiger partial charge in [0.05, 0.1) is 5.56 Å². The molecule has 2 aromatic rings. The van der Waals surface area contributed by atoms with Crippen LogP contribution in [0.3, 0.4) is 0 Å². The lowest BCUT2D eigenvalue weighted by atomic mass is 10.0. The van der Waals surface area contributed by atoms with E-state index in [1.165, 1.54) is 6.92 Å². The quantitative estimate of drug-likeness (QED) is 0.845. The van der Waals surface area contributed by atoms with Gasteiger partial charge in [0.1, 0.15) is 5.75 Å². The first-order valence-electron chi connectivity index (χ1n) is 6.71. The van der Waals surface area contributed by atoms with Crippen molar-refractivity contribution in [1.82, 2.24) is 5.01 Å². The number of hydrogen-bond donors (Lipinski definition) is 2. The van der Waals surface area contributed by atoms with Gasteiger partial charge in [-0.3, -0.25) is 4.79 Å². The van der Waals surface area contributed by atoms with E-state index in [1.54, 1.807) is 19.1 Å². The van der Waals surface area contributed by atoms with E-state index in [2.05, 4.69) is 5.10 Å². The third-order valence-corrected chi connectivity index (χ3v) is 3.60. The highest BCUT2D eigenvalue weighted by Gasteiger charge is 2.40. The summed E-state index contributed by atoms with van der Waals surface area (Å²) in [6, 6.07) is 10.6. The fourth-order valence-electron chi connectivity index (χ4n) is 2.65. The lowest BCUT2D eigenvalue weighted by molar-refractivity contribution is -0.0554. The zero-order chi connectivity index (χ0) is 15.2. The molecule has 1 aliphatic rings. The molecule has 0 fully saturated rings. The van der Waals surface area contributed by atoms with Crippen molar-refractivity contribution in [2.75, 3.05) is 0 Å². The number of fused-ring (bicyclic) bond motifs is 1. The number of benzene rings is 2. The molecule has 2 aromatic carbocycles. The Kier molecular flexibility index (Phi) is 2.95. The van der Waals surface area contributed by atoms with Crippen molar-refractivity contribution in [3.8, 4) is 5.75 Å². The van der Waals surface area contributed by atoms with Gasteiger partial charge in [0.25, 0.3) is 5.91 Å². The standard InChI is InChI=1S/C16H16N2O3/c1-10-9-16(2,21)18(17-10)15(20)13-7-11-5-3-4-6-12(11)8-14(13)19/h3-8,19,21H,9H2,1-2H3/t16-/m0/s1. The first-order valence-corrected chi connectivity index (χ1v) is 6.71. The van der Waals surface area contributed by atoms with Crippen molar-refractivity contribution in [1.29, 1.82) is 0 Å². The second-order valence-electron chi connectivity index (χ2n) is 5.56. The van der Waals surface area contributed by atoms with Crippen molar-refractivity contribution >= 4 is 22.4 Å². The predicted octanol–water partition coefficient (Wildman–Crippen LogP) is 2.48. The summed E-state index contributed by atoms with van der Waals surface area (Å²) in [5.41, 5.74) is -0.555. The zero-order valence-corrected chi connectivity index (χ0v) is 11.9. The molecule has 0 bridgehead atoms. The fraction of sp³-hybridized carbons (Fsp3) is 0.250. The third kappa shape index (κ3) is 2.25. The van der Waals surface area contributed by atoms with Gasteiger partial charge in [-0.25, -0.2) is 0 Å². The molecule has 21 heavy (non-hydrogen) atoms. The molecule has 5 nitrogen and oxygen atoms in total. The largest absolute Gasteiger partial charge is 0.507 e. The van der Waals surface area contributed by atoms with Crippen LogP contribution in [0.4, 0.5) is 0 Å². The summed E-state index contributed by atoms with van der Waals surface area (Å²) < 4.78 is 0. The van der Waals surface area contributed by atoms with Crippen LogP contribution >= 0.6 is 0 Å². The minimum Gasteiger partial charge on any atom is -0.507 e. The second-order valence-corrected chi connectivity index (χ2v) is 5.56. The molecule has 5 heteroatoms. The molecule has 0 saturated carbocycles. The summed E-state index contributed by atoms with van der Waals surface area (Å²) >= 11 is 0. The monoisotopic (exact) mass is 284 g/mol. The Morgan fingerprint density at radius 1 is 1.29 bits per heavy atom. The summed E-state index contributed by atoms with van der Waals surface area (Å²) in [4.78, 5) is 12.6.